The molecule has 0 saturated carbocycles. The van der Waals surface area contributed by atoms with Gasteiger partial charge in [0.15, 0.2) is 0 Å². The van der Waals surface area contributed by atoms with Crippen LogP contribution in [0.5, 0.6) is 0 Å². The van der Waals surface area contributed by atoms with Crippen LogP contribution in [-0.4, -0.2) is 22.2 Å². The summed E-state index contributed by atoms with van der Waals surface area (Å²) in [7, 11) is 1.55. The minimum atomic E-state index is -1.40. The van der Waals surface area contributed by atoms with Gasteiger partial charge in [0.05, 0.1) is 11.4 Å². The van der Waals surface area contributed by atoms with Gasteiger partial charge in [0, 0.05) is 7.11 Å². The molecule has 8 bridgehead atoms. The normalized spacial score (nSPS) is 15.1. The van der Waals surface area contributed by atoms with Crippen molar-refractivity contribution in [3.63, 3.8) is 0 Å². The van der Waals surface area contributed by atoms with Crippen molar-refractivity contribution in [2.75, 3.05) is 7.11 Å². The largest absolute Gasteiger partial charge is 2.00 e. The zero-order valence-electron chi connectivity index (χ0n) is 28.5. The summed E-state index contributed by atoms with van der Waals surface area (Å²) in [5.74, 6) is 0. The number of methoxy groups -OCH3 is 1. The number of rotatable bonds is 5. The molecule has 3 aromatic heterocycles. The summed E-state index contributed by atoms with van der Waals surface area (Å²) in [5, 5.41) is 11.7. The zero-order valence-corrected chi connectivity index (χ0v) is 29.5. The van der Waals surface area contributed by atoms with E-state index >= 15 is 0 Å². The van der Waals surface area contributed by atoms with Crippen LogP contribution in [0, 0.1) is 0 Å². The van der Waals surface area contributed by atoms with Gasteiger partial charge in [0.25, 0.3) is 0 Å². The Kier molecular flexibility index (Phi) is 9.44. The molecular formula is C45H32N4NiO3. The Balaban J connectivity index is 0.00000400. The third kappa shape index (κ3) is 6.32. The number of aliphatic hydroxyl groups excluding tert-OH is 1. The fourth-order valence-electron chi connectivity index (χ4n) is 7.05. The molecule has 53 heavy (non-hydrogen) atoms. The number of benzene rings is 4. The minimum Gasteiger partial charge on any atom is -0.657 e. The molecule has 0 amide bonds. The SMILES string of the molecule is CO[C@H]1O[C@H](O)c2nc1c(-c1ccccc1)c1ccc([n-]1)c(-c1ccccc1)c1nc(c(-c3ccccc3)c3ccc([n-]3)c2-c2ccccc2)C=C1.[Ni+2]. The quantitative estimate of drug-likeness (QED) is 0.176. The summed E-state index contributed by atoms with van der Waals surface area (Å²) in [6, 6.07) is 48.2. The van der Waals surface area contributed by atoms with Crippen molar-refractivity contribution < 1.29 is 31.1 Å². The summed E-state index contributed by atoms with van der Waals surface area (Å²) in [5.41, 5.74) is 12.0. The summed E-state index contributed by atoms with van der Waals surface area (Å²) in [6.07, 6.45) is 1.72. The van der Waals surface area contributed by atoms with Crippen LogP contribution >= 0.6 is 0 Å². The van der Waals surface area contributed by atoms with E-state index in [9.17, 15) is 5.11 Å². The number of fused-ring (bicyclic) bond motifs is 8. The smallest absolute Gasteiger partial charge is 0.657 e. The molecule has 7 aromatic rings. The predicted octanol–water partition coefficient (Wildman–Crippen LogP) is 9.76. The molecular weight excluding hydrogens is 703 g/mol. The standard InChI is InChI=1S/C45H32N4O3.Ni/c1-51-45-43-41(31-20-12-5-13-21-31)37-27-25-35(48-37)39(29-16-8-3-9-17-29)33-23-22-32(46-33)38(28-14-6-2-7-15-28)34-24-26-36(47-34)40(30-18-10-4-11-19-30)42(49-43)44(50)52-45;/h2-27,44-45,50H,1H3;/q-2;+2/t44-,45-;/m0./s1. The molecule has 0 unspecified atom stereocenters. The van der Waals surface area contributed by atoms with E-state index in [2.05, 4.69) is 30.3 Å². The second-order valence-corrected chi connectivity index (χ2v) is 12.5. The Labute approximate surface area is 316 Å². The molecule has 2 atom stereocenters. The molecule has 0 saturated heterocycles. The van der Waals surface area contributed by atoms with E-state index in [-0.39, 0.29) is 16.5 Å². The van der Waals surface area contributed by atoms with E-state index in [0.29, 0.717) is 28.0 Å². The second kappa shape index (κ2) is 14.6. The van der Waals surface area contributed by atoms with E-state index in [1.165, 1.54) is 0 Å². The van der Waals surface area contributed by atoms with E-state index in [0.717, 1.165) is 61.4 Å². The van der Waals surface area contributed by atoms with Gasteiger partial charge in [-0.05, 0) is 56.7 Å². The Morgan fingerprint density at radius 2 is 0.849 bits per heavy atom. The molecule has 0 radical (unpaired) electrons. The average molecular weight is 735 g/mol. The minimum absolute atomic E-state index is 0. The van der Waals surface area contributed by atoms with E-state index in [1.54, 1.807) is 7.11 Å². The van der Waals surface area contributed by atoms with Crippen LogP contribution in [0.1, 0.15) is 35.4 Å². The number of ether oxygens (including phenoxy) is 2. The van der Waals surface area contributed by atoms with Gasteiger partial charge in [-0.25, -0.2) is 9.97 Å². The van der Waals surface area contributed by atoms with Gasteiger partial charge in [0.2, 0.25) is 12.6 Å². The van der Waals surface area contributed by atoms with Crippen molar-refractivity contribution in [3.05, 3.63) is 168 Å². The first-order valence-corrected chi connectivity index (χ1v) is 17.1. The van der Waals surface area contributed by atoms with Crippen LogP contribution in [0.3, 0.4) is 0 Å². The van der Waals surface area contributed by atoms with Crippen molar-refractivity contribution in [1.82, 2.24) is 19.9 Å². The maximum Gasteiger partial charge on any atom is 2.00 e. The monoisotopic (exact) mass is 734 g/mol. The fourth-order valence-corrected chi connectivity index (χ4v) is 7.05. The van der Waals surface area contributed by atoms with Crippen LogP contribution < -0.4 is 9.97 Å². The van der Waals surface area contributed by atoms with Gasteiger partial charge in [-0.2, -0.15) is 0 Å². The molecule has 0 spiro atoms. The molecule has 9 rings (SSSR count). The molecule has 0 aliphatic carbocycles. The molecule has 5 heterocycles. The van der Waals surface area contributed by atoms with Gasteiger partial charge >= 0.3 is 16.5 Å². The molecule has 0 fully saturated rings. The fraction of sp³-hybridized carbons (Fsp3) is 0.0667. The van der Waals surface area contributed by atoms with Crippen LogP contribution in [0.2, 0.25) is 0 Å². The maximum atomic E-state index is 11.7. The van der Waals surface area contributed by atoms with Gasteiger partial charge in [-0.15, -0.1) is 22.1 Å². The van der Waals surface area contributed by atoms with Gasteiger partial charge in [0.1, 0.15) is 11.4 Å². The van der Waals surface area contributed by atoms with Crippen molar-refractivity contribution in [1.29, 1.82) is 0 Å². The second-order valence-electron chi connectivity index (χ2n) is 12.5. The third-order valence-electron chi connectivity index (χ3n) is 9.38. The Hall–Kier alpha value is -5.89. The summed E-state index contributed by atoms with van der Waals surface area (Å²) < 4.78 is 12.1. The number of hydrogen-bond acceptors (Lipinski definition) is 5. The van der Waals surface area contributed by atoms with E-state index in [1.807, 2.05) is 127 Å². The van der Waals surface area contributed by atoms with Gasteiger partial charge in [-0.1, -0.05) is 146 Å². The first kappa shape index (κ1) is 34.2. The Morgan fingerprint density at radius 3 is 1.25 bits per heavy atom. The number of aromatic nitrogens is 4. The first-order valence-electron chi connectivity index (χ1n) is 17.1. The molecule has 2 aliphatic heterocycles. The van der Waals surface area contributed by atoms with Crippen molar-refractivity contribution in [2.45, 2.75) is 12.6 Å². The van der Waals surface area contributed by atoms with Crippen LogP contribution in [0.25, 0.3) is 78.7 Å². The topological polar surface area (TPSA) is 92.7 Å². The summed E-state index contributed by atoms with van der Waals surface area (Å²) in [6.45, 7) is 0. The molecule has 4 aromatic carbocycles. The number of hydrogen-bond donors (Lipinski definition) is 1. The first-order chi connectivity index (χ1) is 25.7. The molecule has 2 aliphatic rings. The Morgan fingerprint density at radius 1 is 0.491 bits per heavy atom. The molecule has 260 valence electrons. The number of aliphatic hydroxyl groups is 1. The summed E-state index contributed by atoms with van der Waals surface area (Å²) in [4.78, 5) is 21.1. The molecule has 1 N–H and O–H groups in total. The van der Waals surface area contributed by atoms with Gasteiger partial charge in [-0.3, -0.25) is 0 Å². The van der Waals surface area contributed by atoms with Crippen molar-refractivity contribution >= 4 is 34.2 Å². The van der Waals surface area contributed by atoms with E-state index in [4.69, 9.17) is 29.4 Å². The van der Waals surface area contributed by atoms with Crippen molar-refractivity contribution in [3.8, 4) is 44.5 Å². The van der Waals surface area contributed by atoms with Crippen LogP contribution in [-0.2, 0) is 26.0 Å². The van der Waals surface area contributed by atoms with Crippen LogP contribution in [0.4, 0.5) is 0 Å². The summed E-state index contributed by atoms with van der Waals surface area (Å²) >= 11 is 0. The molecule has 8 heteroatoms. The zero-order chi connectivity index (χ0) is 35.0. The Bertz CT molecular complexity index is 2600. The van der Waals surface area contributed by atoms with Crippen LogP contribution in [0.15, 0.2) is 146 Å². The predicted molar refractivity (Wildman–Crippen MR) is 205 cm³/mol. The van der Waals surface area contributed by atoms with Crippen molar-refractivity contribution in [2.24, 2.45) is 0 Å². The molecule has 7 nitrogen and oxygen atoms in total. The maximum absolute atomic E-state index is 11.7. The van der Waals surface area contributed by atoms with Gasteiger partial charge < -0.3 is 24.5 Å². The van der Waals surface area contributed by atoms with E-state index < -0.39 is 12.6 Å². The third-order valence-corrected chi connectivity index (χ3v) is 9.38. The average Bonchev–Trinajstić information content (AvgIpc) is 3.98. The number of nitrogens with zero attached hydrogens (tertiary/aromatic N) is 4.